The summed E-state index contributed by atoms with van der Waals surface area (Å²) in [7, 11) is 0. The molecule has 2 aliphatic rings. The molecule has 2 heterocycles. The van der Waals surface area contributed by atoms with Crippen LogP contribution in [0.3, 0.4) is 0 Å². The summed E-state index contributed by atoms with van der Waals surface area (Å²) in [5, 5.41) is 10.2. The minimum Gasteiger partial charge on any atom is -0.465 e. The molecule has 0 saturated carbocycles. The zero-order valence-corrected chi connectivity index (χ0v) is 19.2. The van der Waals surface area contributed by atoms with Gasteiger partial charge in [-0.15, -0.1) is 0 Å². The van der Waals surface area contributed by atoms with Crippen LogP contribution in [0.1, 0.15) is 25.0 Å². The number of rotatable bonds is 6. The van der Waals surface area contributed by atoms with Gasteiger partial charge in [-0.05, 0) is 19.9 Å². The number of carbonyl (C=O) groups is 3. The number of esters is 2. The standard InChI is InChI=1S/C26H23N3O6/c1-3-33-20(30)15-29-19-13-9-8-12-17(19)26(25(29)32)18(14-27)23(28)35-22(16-10-6-5-7-11-16)21(26)24(31)34-4-2/h5-13H,3-4,15,28H2,1-2H3. The normalized spacial score (nSPS) is 18.8. The van der Waals surface area contributed by atoms with Crippen molar-refractivity contribution in [3.05, 3.63) is 82.8 Å². The Morgan fingerprint density at radius 1 is 1.06 bits per heavy atom. The van der Waals surface area contributed by atoms with Gasteiger partial charge in [0.1, 0.15) is 29.5 Å². The fraction of sp³-hybridized carbons (Fsp3) is 0.231. The molecule has 0 saturated heterocycles. The Balaban J connectivity index is 2.08. The van der Waals surface area contributed by atoms with Crippen LogP contribution in [-0.4, -0.2) is 37.6 Å². The molecule has 0 bridgehead atoms. The molecule has 0 radical (unpaired) electrons. The van der Waals surface area contributed by atoms with Gasteiger partial charge in [-0.25, -0.2) is 4.79 Å². The van der Waals surface area contributed by atoms with Gasteiger partial charge in [0.15, 0.2) is 5.41 Å². The lowest BCUT2D eigenvalue weighted by molar-refractivity contribution is -0.142. The van der Waals surface area contributed by atoms with Crippen molar-refractivity contribution < 1.29 is 28.6 Å². The number of amides is 1. The molecule has 1 spiro atoms. The first kappa shape index (κ1) is 23.6. The third-order valence-corrected chi connectivity index (χ3v) is 5.82. The second-order valence-electron chi connectivity index (χ2n) is 7.71. The van der Waals surface area contributed by atoms with E-state index in [4.69, 9.17) is 19.9 Å². The zero-order chi connectivity index (χ0) is 25.2. The van der Waals surface area contributed by atoms with Gasteiger partial charge in [0.05, 0.1) is 13.2 Å². The van der Waals surface area contributed by atoms with E-state index in [-0.39, 0.29) is 36.0 Å². The molecule has 2 N–H and O–H groups in total. The second-order valence-corrected chi connectivity index (χ2v) is 7.71. The van der Waals surface area contributed by atoms with Crippen molar-refractivity contribution >= 4 is 29.3 Å². The summed E-state index contributed by atoms with van der Waals surface area (Å²) in [6.45, 7) is 3.02. The number of anilines is 1. The summed E-state index contributed by atoms with van der Waals surface area (Å²) < 4.78 is 16.2. The van der Waals surface area contributed by atoms with E-state index in [1.807, 2.05) is 6.07 Å². The fourth-order valence-corrected chi connectivity index (χ4v) is 4.50. The lowest BCUT2D eigenvalue weighted by Gasteiger charge is -2.35. The number of carbonyl (C=O) groups excluding carboxylic acids is 3. The van der Waals surface area contributed by atoms with Crippen molar-refractivity contribution in [1.29, 1.82) is 5.26 Å². The average Bonchev–Trinajstić information content (AvgIpc) is 3.08. The number of fused-ring (bicyclic) bond motifs is 2. The molecule has 0 aromatic heterocycles. The maximum Gasteiger partial charge on any atom is 0.339 e. The molecule has 2 aromatic rings. The van der Waals surface area contributed by atoms with Gasteiger partial charge in [-0.1, -0.05) is 48.5 Å². The molecule has 2 aliphatic heterocycles. The molecular formula is C26H23N3O6. The second kappa shape index (κ2) is 9.35. The Bertz CT molecular complexity index is 1310. The Morgan fingerprint density at radius 2 is 1.71 bits per heavy atom. The van der Waals surface area contributed by atoms with Crippen LogP contribution in [0, 0.1) is 11.3 Å². The van der Waals surface area contributed by atoms with Gasteiger partial charge in [0.25, 0.3) is 0 Å². The molecule has 35 heavy (non-hydrogen) atoms. The van der Waals surface area contributed by atoms with E-state index in [0.29, 0.717) is 16.8 Å². The zero-order valence-electron chi connectivity index (χ0n) is 19.2. The minimum atomic E-state index is -1.97. The maximum atomic E-state index is 14.3. The van der Waals surface area contributed by atoms with Gasteiger partial charge in [-0.2, -0.15) is 5.26 Å². The van der Waals surface area contributed by atoms with Gasteiger partial charge in [0, 0.05) is 16.8 Å². The Labute approximate surface area is 202 Å². The third kappa shape index (κ3) is 3.60. The quantitative estimate of drug-likeness (QED) is 0.633. The number of nitriles is 1. The van der Waals surface area contributed by atoms with Crippen molar-refractivity contribution in [2.24, 2.45) is 5.73 Å². The lowest BCUT2D eigenvalue weighted by atomic mass is 9.67. The number of nitrogens with zero attached hydrogens (tertiary/aromatic N) is 2. The molecule has 1 amide bonds. The van der Waals surface area contributed by atoms with E-state index in [2.05, 4.69) is 0 Å². The lowest BCUT2D eigenvalue weighted by Crippen LogP contribution is -2.49. The largest absolute Gasteiger partial charge is 0.465 e. The van der Waals surface area contributed by atoms with E-state index in [1.54, 1.807) is 68.4 Å². The summed E-state index contributed by atoms with van der Waals surface area (Å²) >= 11 is 0. The van der Waals surface area contributed by atoms with Crippen molar-refractivity contribution in [1.82, 2.24) is 0 Å². The summed E-state index contributed by atoms with van der Waals surface area (Å²) in [5.74, 6) is -2.50. The van der Waals surface area contributed by atoms with E-state index >= 15 is 0 Å². The first-order valence-electron chi connectivity index (χ1n) is 11.0. The van der Waals surface area contributed by atoms with Crippen LogP contribution in [0.15, 0.2) is 71.6 Å². The summed E-state index contributed by atoms with van der Waals surface area (Å²) in [4.78, 5) is 41.4. The number of hydrogen-bond donors (Lipinski definition) is 1. The molecule has 0 aliphatic carbocycles. The van der Waals surface area contributed by atoms with Crippen LogP contribution in [0.25, 0.3) is 5.76 Å². The number of benzene rings is 2. The third-order valence-electron chi connectivity index (χ3n) is 5.82. The summed E-state index contributed by atoms with van der Waals surface area (Å²) in [5.41, 5.74) is 4.92. The molecule has 1 unspecified atom stereocenters. The summed E-state index contributed by atoms with van der Waals surface area (Å²) in [6, 6.07) is 17.2. The predicted octanol–water partition coefficient (Wildman–Crippen LogP) is 2.53. The van der Waals surface area contributed by atoms with Crippen LogP contribution in [0.4, 0.5) is 5.69 Å². The molecule has 178 valence electrons. The van der Waals surface area contributed by atoms with Crippen molar-refractivity contribution in [2.75, 3.05) is 24.7 Å². The van der Waals surface area contributed by atoms with Crippen LogP contribution in [0.5, 0.6) is 0 Å². The number of hydrogen-bond acceptors (Lipinski definition) is 8. The molecule has 9 nitrogen and oxygen atoms in total. The minimum absolute atomic E-state index is 0.00156. The van der Waals surface area contributed by atoms with Gasteiger partial charge >= 0.3 is 11.9 Å². The molecular weight excluding hydrogens is 450 g/mol. The highest BCUT2D eigenvalue weighted by molar-refractivity contribution is 6.21. The SMILES string of the molecule is CCOC(=O)CN1C(=O)C2(C(C#N)=C(N)OC(c3ccccc3)=C2C(=O)OCC)c2ccccc21. The van der Waals surface area contributed by atoms with Crippen molar-refractivity contribution in [3.63, 3.8) is 0 Å². The molecule has 2 aromatic carbocycles. The smallest absolute Gasteiger partial charge is 0.339 e. The first-order valence-corrected chi connectivity index (χ1v) is 11.0. The molecule has 9 heteroatoms. The number of para-hydroxylation sites is 1. The average molecular weight is 473 g/mol. The predicted molar refractivity (Wildman–Crippen MR) is 125 cm³/mol. The topological polar surface area (TPSA) is 132 Å². The highest BCUT2D eigenvalue weighted by Gasteiger charge is 2.62. The molecule has 4 rings (SSSR count). The monoisotopic (exact) mass is 473 g/mol. The van der Waals surface area contributed by atoms with E-state index < -0.39 is 29.8 Å². The Morgan fingerprint density at radius 3 is 2.37 bits per heavy atom. The van der Waals surface area contributed by atoms with Crippen LogP contribution >= 0.6 is 0 Å². The van der Waals surface area contributed by atoms with E-state index in [9.17, 15) is 19.6 Å². The molecule has 1 atom stereocenters. The van der Waals surface area contributed by atoms with Gasteiger partial charge in [-0.3, -0.25) is 14.5 Å². The number of nitrogens with two attached hydrogens (primary N) is 1. The first-order chi connectivity index (χ1) is 16.9. The highest BCUT2D eigenvalue weighted by Crippen LogP contribution is 2.55. The van der Waals surface area contributed by atoms with Gasteiger partial charge in [0.2, 0.25) is 11.8 Å². The van der Waals surface area contributed by atoms with Crippen LogP contribution in [-0.2, 0) is 34.0 Å². The molecule has 0 fully saturated rings. The van der Waals surface area contributed by atoms with E-state index in [1.165, 1.54) is 4.90 Å². The van der Waals surface area contributed by atoms with Crippen molar-refractivity contribution in [3.8, 4) is 6.07 Å². The van der Waals surface area contributed by atoms with Crippen molar-refractivity contribution in [2.45, 2.75) is 19.3 Å². The van der Waals surface area contributed by atoms with E-state index in [0.717, 1.165) is 0 Å². The fourth-order valence-electron chi connectivity index (χ4n) is 4.50. The number of ether oxygens (including phenoxy) is 3. The summed E-state index contributed by atoms with van der Waals surface area (Å²) in [6.07, 6.45) is 0. The maximum absolute atomic E-state index is 14.3. The Kier molecular flexibility index (Phi) is 6.30. The Hall–Kier alpha value is -4.58. The highest BCUT2D eigenvalue weighted by atomic mass is 16.5. The van der Waals surface area contributed by atoms with Crippen LogP contribution < -0.4 is 10.6 Å². The van der Waals surface area contributed by atoms with Gasteiger partial charge < -0.3 is 19.9 Å². The van der Waals surface area contributed by atoms with Crippen LogP contribution in [0.2, 0.25) is 0 Å².